The Balaban J connectivity index is 1.58. The fraction of sp³-hybridized carbons (Fsp3) is 0.444. The van der Waals surface area contributed by atoms with Crippen LogP contribution in [0.15, 0.2) is 34.9 Å². The molecule has 4 heteroatoms. The van der Waals surface area contributed by atoms with Crippen LogP contribution in [0, 0.1) is 17.2 Å². The van der Waals surface area contributed by atoms with Gasteiger partial charge < -0.3 is 8.90 Å². The van der Waals surface area contributed by atoms with Crippen LogP contribution in [0.2, 0.25) is 0 Å². The molecular weight excluding hydrogens is 274 g/mol. The average molecular weight is 294 g/mol. The lowest BCUT2D eigenvalue weighted by molar-refractivity contribution is -0.955. The van der Waals surface area contributed by atoms with Gasteiger partial charge in [0.25, 0.3) is 0 Å². The molecule has 4 nitrogen and oxygen atoms in total. The molecular formula is C18H20N3O+. The second-order valence-electron chi connectivity index (χ2n) is 6.70. The van der Waals surface area contributed by atoms with E-state index in [0.29, 0.717) is 11.5 Å². The minimum Gasteiger partial charge on any atom is -0.444 e. The monoisotopic (exact) mass is 294 g/mol. The molecule has 0 spiro atoms. The van der Waals surface area contributed by atoms with Gasteiger partial charge in [0.15, 0.2) is 0 Å². The highest BCUT2D eigenvalue weighted by atomic mass is 16.3. The Hall–Kier alpha value is -2.12. The molecule has 3 aliphatic rings. The minimum atomic E-state index is 0.567. The Morgan fingerprint density at radius 3 is 2.64 bits per heavy atom. The molecule has 0 unspecified atom stereocenters. The van der Waals surface area contributed by atoms with E-state index < -0.39 is 0 Å². The van der Waals surface area contributed by atoms with Crippen molar-refractivity contribution in [2.75, 3.05) is 19.6 Å². The van der Waals surface area contributed by atoms with Gasteiger partial charge in [0, 0.05) is 0 Å². The summed E-state index contributed by atoms with van der Waals surface area (Å²) in [5.41, 5.74) is 2.42. The summed E-state index contributed by atoms with van der Waals surface area (Å²) in [5.74, 6) is 1.53. The summed E-state index contributed by atoms with van der Waals surface area (Å²) in [4.78, 5) is 4.66. The number of fused-ring (bicyclic) bond motifs is 3. The molecule has 1 aromatic heterocycles. The van der Waals surface area contributed by atoms with Crippen LogP contribution in [0.4, 0.5) is 0 Å². The number of nitriles is 1. The number of quaternary nitrogens is 1. The summed E-state index contributed by atoms with van der Waals surface area (Å²) >= 11 is 0. The van der Waals surface area contributed by atoms with E-state index in [0.717, 1.165) is 23.7 Å². The molecule has 4 heterocycles. The van der Waals surface area contributed by atoms with Crippen molar-refractivity contribution in [3.63, 3.8) is 0 Å². The van der Waals surface area contributed by atoms with E-state index in [1.165, 1.54) is 43.4 Å². The lowest BCUT2D eigenvalue weighted by atomic mass is 9.85. The molecule has 3 fully saturated rings. The first-order valence-corrected chi connectivity index (χ1v) is 8.07. The number of hydrogen-bond acceptors (Lipinski definition) is 3. The van der Waals surface area contributed by atoms with Gasteiger partial charge in [-0.1, -0.05) is 12.1 Å². The smallest absolute Gasteiger partial charge is 0.227 e. The molecule has 22 heavy (non-hydrogen) atoms. The van der Waals surface area contributed by atoms with Crippen molar-refractivity contribution in [3.05, 3.63) is 41.8 Å². The maximum Gasteiger partial charge on any atom is 0.227 e. The Morgan fingerprint density at radius 2 is 1.91 bits per heavy atom. The predicted molar refractivity (Wildman–Crippen MR) is 82.6 cm³/mol. The van der Waals surface area contributed by atoms with Gasteiger partial charge in [-0.05, 0) is 37.3 Å². The van der Waals surface area contributed by atoms with Gasteiger partial charge in [-0.15, -0.1) is 0 Å². The number of oxazole rings is 1. The fourth-order valence-electron chi connectivity index (χ4n) is 3.99. The van der Waals surface area contributed by atoms with Gasteiger partial charge in [0.1, 0.15) is 18.5 Å². The molecule has 0 N–H and O–H groups in total. The Morgan fingerprint density at radius 1 is 1.18 bits per heavy atom. The maximum atomic E-state index is 9.21. The normalized spacial score (nSPS) is 26.8. The topological polar surface area (TPSA) is 49.8 Å². The Labute approximate surface area is 130 Å². The molecule has 2 aromatic rings. The van der Waals surface area contributed by atoms with Crippen LogP contribution in [-0.4, -0.2) is 29.1 Å². The van der Waals surface area contributed by atoms with E-state index in [-0.39, 0.29) is 0 Å². The molecule has 5 rings (SSSR count). The zero-order valence-corrected chi connectivity index (χ0v) is 12.7. The first-order valence-electron chi connectivity index (χ1n) is 8.07. The van der Waals surface area contributed by atoms with Gasteiger partial charge >= 0.3 is 0 Å². The lowest BCUT2D eigenvalue weighted by Gasteiger charge is -2.48. The van der Waals surface area contributed by atoms with E-state index in [1.807, 2.05) is 18.2 Å². The summed E-state index contributed by atoms with van der Waals surface area (Å²) in [6, 6.07) is 9.68. The summed E-state index contributed by atoms with van der Waals surface area (Å²) in [5, 5.41) is 9.21. The average Bonchev–Trinajstić information content (AvgIpc) is 3.04. The highest BCUT2D eigenvalue weighted by Crippen LogP contribution is 2.35. The zero-order valence-electron chi connectivity index (χ0n) is 12.7. The van der Waals surface area contributed by atoms with Crippen molar-refractivity contribution >= 4 is 0 Å². The first-order chi connectivity index (χ1) is 10.8. The molecule has 2 bridgehead atoms. The fourth-order valence-corrected chi connectivity index (χ4v) is 3.99. The second-order valence-corrected chi connectivity index (χ2v) is 6.70. The molecule has 1 aromatic carbocycles. The van der Waals surface area contributed by atoms with Crippen LogP contribution < -0.4 is 0 Å². The third kappa shape index (κ3) is 2.32. The van der Waals surface area contributed by atoms with Crippen LogP contribution in [0.3, 0.4) is 0 Å². The molecule has 0 atom stereocenters. The largest absolute Gasteiger partial charge is 0.444 e. The zero-order chi connectivity index (χ0) is 15.0. The summed E-state index contributed by atoms with van der Waals surface area (Å²) < 4.78 is 6.83. The van der Waals surface area contributed by atoms with Crippen molar-refractivity contribution in [3.8, 4) is 17.5 Å². The number of benzene rings is 1. The number of piperidine rings is 3. The number of aromatic nitrogens is 1. The first kappa shape index (κ1) is 13.5. The summed E-state index contributed by atoms with van der Waals surface area (Å²) in [6.07, 6.45) is 5.86. The van der Waals surface area contributed by atoms with Crippen molar-refractivity contribution in [2.24, 2.45) is 5.92 Å². The Kier molecular flexibility index (Phi) is 3.24. The van der Waals surface area contributed by atoms with Crippen LogP contribution >= 0.6 is 0 Å². The molecule has 0 aliphatic carbocycles. The number of rotatable bonds is 3. The SMILES string of the molecule is N#Cc1ccccc1-c1nc(C[N+]23CCC(CC2)CC3)co1. The summed E-state index contributed by atoms with van der Waals surface area (Å²) in [7, 11) is 0. The third-order valence-corrected chi connectivity index (χ3v) is 5.36. The van der Waals surface area contributed by atoms with E-state index >= 15 is 0 Å². The highest BCUT2D eigenvalue weighted by molar-refractivity contribution is 5.63. The van der Waals surface area contributed by atoms with Crippen molar-refractivity contribution in [1.29, 1.82) is 5.26 Å². The maximum absolute atomic E-state index is 9.21. The van der Waals surface area contributed by atoms with Crippen LogP contribution in [0.1, 0.15) is 30.5 Å². The second kappa shape index (κ2) is 5.26. The predicted octanol–water partition coefficient (Wildman–Crippen LogP) is 3.34. The molecule has 3 saturated heterocycles. The van der Waals surface area contributed by atoms with Crippen LogP contribution in [0.5, 0.6) is 0 Å². The van der Waals surface area contributed by atoms with Gasteiger partial charge in [-0.3, -0.25) is 0 Å². The van der Waals surface area contributed by atoms with Gasteiger partial charge in [0.2, 0.25) is 5.89 Å². The van der Waals surface area contributed by atoms with Gasteiger partial charge in [-0.2, -0.15) is 5.26 Å². The summed E-state index contributed by atoms with van der Waals surface area (Å²) in [6.45, 7) is 4.80. The number of hydrogen-bond donors (Lipinski definition) is 0. The van der Waals surface area contributed by atoms with E-state index in [2.05, 4.69) is 11.1 Å². The quantitative estimate of drug-likeness (QED) is 0.816. The molecule has 0 radical (unpaired) electrons. The van der Waals surface area contributed by atoms with Crippen LogP contribution in [0.25, 0.3) is 11.5 Å². The molecule has 3 aliphatic heterocycles. The van der Waals surface area contributed by atoms with Gasteiger partial charge in [-0.25, -0.2) is 4.98 Å². The van der Waals surface area contributed by atoms with Crippen molar-refractivity contribution in [1.82, 2.24) is 4.98 Å². The minimum absolute atomic E-state index is 0.567. The number of nitrogens with zero attached hydrogens (tertiary/aromatic N) is 3. The van der Waals surface area contributed by atoms with E-state index in [1.54, 1.807) is 12.3 Å². The van der Waals surface area contributed by atoms with Crippen molar-refractivity contribution in [2.45, 2.75) is 25.8 Å². The van der Waals surface area contributed by atoms with Crippen molar-refractivity contribution < 1.29 is 8.90 Å². The van der Waals surface area contributed by atoms with Crippen LogP contribution in [-0.2, 0) is 6.54 Å². The van der Waals surface area contributed by atoms with Gasteiger partial charge in [0.05, 0.1) is 36.8 Å². The van der Waals surface area contributed by atoms with E-state index in [4.69, 9.17) is 4.42 Å². The molecule has 0 saturated carbocycles. The molecule has 112 valence electrons. The lowest BCUT2D eigenvalue weighted by Crippen LogP contribution is -2.57. The third-order valence-electron chi connectivity index (χ3n) is 5.36. The standard InChI is InChI=1S/C18H20N3O/c19-11-15-3-1-2-4-17(15)18-20-16(13-22-18)12-21-8-5-14(6-9-21)7-10-21/h1-4,13-14H,5-10,12H2/q+1. The highest BCUT2D eigenvalue weighted by Gasteiger charge is 2.40. The molecule has 0 amide bonds. The van der Waals surface area contributed by atoms with E-state index in [9.17, 15) is 5.26 Å². The Bertz CT molecular complexity index is 706.